The third-order valence-corrected chi connectivity index (χ3v) is 4.59. The summed E-state index contributed by atoms with van der Waals surface area (Å²) in [7, 11) is 0. The fourth-order valence-electron chi connectivity index (χ4n) is 3.07. The Kier molecular flexibility index (Phi) is 8.46. The summed E-state index contributed by atoms with van der Waals surface area (Å²) in [6.07, 6.45) is -0.742. The van der Waals surface area contributed by atoms with Crippen LogP contribution in [0.4, 0.5) is 4.79 Å². The summed E-state index contributed by atoms with van der Waals surface area (Å²) >= 11 is 0. The van der Waals surface area contributed by atoms with Crippen molar-refractivity contribution in [2.24, 2.45) is 0 Å². The van der Waals surface area contributed by atoms with Crippen molar-refractivity contribution in [3.63, 3.8) is 0 Å². The number of esters is 2. The normalized spacial score (nSPS) is 16.8. The van der Waals surface area contributed by atoms with Gasteiger partial charge in [0.2, 0.25) is 5.91 Å². The van der Waals surface area contributed by atoms with Crippen molar-refractivity contribution in [3.8, 4) is 0 Å². The summed E-state index contributed by atoms with van der Waals surface area (Å²) in [5, 5.41) is 2.43. The van der Waals surface area contributed by atoms with E-state index in [0.717, 1.165) is 5.56 Å². The van der Waals surface area contributed by atoms with Crippen molar-refractivity contribution < 1.29 is 33.4 Å². The van der Waals surface area contributed by atoms with Crippen molar-refractivity contribution in [1.82, 2.24) is 10.2 Å². The Morgan fingerprint density at radius 2 is 1.61 bits per heavy atom. The van der Waals surface area contributed by atoms with Gasteiger partial charge in [0.25, 0.3) is 0 Å². The van der Waals surface area contributed by atoms with E-state index in [1.165, 1.54) is 4.90 Å². The van der Waals surface area contributed by atoms with Crippen molar-refractivity contribution in [2.45, 2.75) is 84.3 Å². The SMILES string of the molecule is CC(C)(C)OC(=O)[C@@H](CC(=O)N1CC[C@H]1C(=O)OC(C)(C)C)NC(=O)OCc1ccccc1. The quantitative estimate of drug-likeness (QED) is 0.490. The molecule has 0 radical (unpaired) electrons. The van der Waals surface area contributed by atoms with E-state index in [0.29, 0.717) is 13.0 Å². The Labute approximate surface area is 194 Å². The highest BCUT2D eigenvalue weighted by Crippen LogP contribution is 2.23. The Bertz CT molecular complexity index is 856. The van der Waals surface area contributed by atoms with Crippen LogP contribution in [0, 0.1) is 0 Å². The van der Waals surface area contributed by atoms with Gasteiger partial charge in [0.05, 0.1) is 6.42 Å². The monoisotopic (exact) mass is 462 g/mol. The van der Waals surface area contributed by atoms with E-state index in [9.17, 15) is 19.2 Å². The van der Waals surface area contributed by atoms with E-state index >= 15 is 0 Å². The van der Waals surface area contributed by atoms with Crippen molar-refractivity contribution >= 4 is 23.9 Å². The summed E-state index contributed by atoms with van der Waals surface area (Å²) in [4.78, 5) is 51.6. The fraction of sp³-hybridized carbons (Fsp3) is 0.583. The summed E-state index contributed by atoms with van der Waals surface area (Å²) < 4.78 is 15.9. The second-order valence-corrected chi connectivity index (χ2v) is 9.92. The minimum atomic E-state index is -1.26. The van der Waals surface area contributed by atoms with E-state index in [2.05, 4.69) is 5.32 Å². The van der Waals surface area contributed by atoms with Crippen LogP contribution in [-0.2, 0) is 35.2 Å². The highest BCUT2D eigenvalue weighted by Gasteiger charge is 2.41. The third-order valence-electron chi connectivity index (χ3n) is 4.59. The number of amides is 2. The van der Waals surface area contributed by atoms with Crippen LogP contribution in [0.15, 0.2) is 30.3 Å². The lowest BCUT2D eigenvalue weighted by atomic mass is 10.0. The van der Waals surface area contributed by atoms with Crippen LogP contribution in [0.3, 0.4) is 0 Å². The Morgan fingerprint density at radius 1 is 1.00 bits per heavy atom. The molecule has 0 saturated carbocycles. The lowest BCUT2D eigenvalue weighted by Crippen LogP contribution is -2.58. The van der Waals surface area contributed by atoms with Gasteiger partial charge in [0.15, 0.2) is 0 Å². The number of hydrogen-bond donors (Lipinski definition) is 1. The maximum absolute atomic E-state index is 12.9. The molecule has 1 heterocycles. The molecule has 1 saturated heterocycles. The molecule has 1 aromatic rings. The molecule has 1 fully saturated rings. The first-order chi connectivity index (χ1) is 15.2. The predicted molar refractivity (Wildman–Crippen MR) is 120 cm³/mol. The lowest BCUT2D eigenvalue weighted by Gasteiger charge is -2.40. The molecular formula is C24H34N2O7. The number of carbonyl (C=O) groups excluding carboxylic acids is 4. The molecule has 1 aliphatic heterocycles. The standard InChI is InChI=1S/C24H34N2O7/c1-23(2,3)32-20(28)17(25-22(30)31-15-16-10-8-7-9-11-16)14-19(27)26-13-12-18(26)21(29)33-24(4,5)6/h7-11,17-18H,12-15H2,1-6H3,(H,25,30)/t17-,18+/m1/s1. The zero-order valence-corrected chi connectivity index (χ0v) is 20.2. The van der Waals surface area contributed by atoms with Gasteiger partial charge < -0.3 is 24.4 Å². The van der Waals surface area contributed by atoms with Crippen LogP contribution in [0.2, 0.25) is 0 Å². The molecular weight excluding hydrogens is 428 g/mol. The molecule has 2 amide bonds. The molecule has 0 aliphatic carbocycles. The molecule has 9 heteroatoms. The van der Waals surface area contributed by atoms with Crippen molar-refractivity contribution in [2.75, 3.05) is 6.54 Å². The first-order valence-corrected chi connectivity index (χ1v) is 11.0. The molecule has 1 aromatic carbocycles. The maximum Gasteiger partial charge on any atom is 0.408 e. The third kappa shape index (κ3) is 8.75. The summed E-state index contributed by atoms with van der Waals surface area (Å²) in [5.41, 5.74) is -0.716. The lowest BCUT2D eigenvalue weighted by molar-refractivity contribution is -0.171. The van der Waals surface area contributed by atoms with Gasteiger partial charge in [-0.3, -0.25) is 4.79 Å². The number of ether oxygens (including phenoxy) is 3. The minimum absolute atomic E-state index is 0.00843. The van der Waals surface area contributed by atoms with Crippen LogP contribution in [0.1, 0.15) is 59.9 Å². The predicted octanol–water partition coefficient (Wildman–Crippen LogP) is 2.96. The molecule has 182 valence electrons. The summed E-state index contributed by atoms with van der Waals surface area (Å²) in [5.74, 6) is -1.72. The van der Waals surface area contributed by atoms with Gasteiger partial charge in [-0.05, 0) is 53.5 Å². The van der Waals surface area contributed by atoms with Gasteiger partial charge in [0, 0.05) is 6.54 Å². The van der Waals surface area contributed by atoms with E-state index in [-0.39, 0.29) is 13.0 Å². The molecule has 1 aliphatic rings. The van der Waals surface area contributed by atoms with Crippen molar-refractivity contribution in [3.05, 3.63) is 35.9 Å². The molecule has 33 heavy (non-hydrogen) atoms. The van der Waals surface area contributed by atoms with Gasteiger partial charge in [-0.1, -0.05) is 30.3 Å². The number of nitrogens with one attached hydrogen (secondary N) is 1. The van der Waals surface area contributed by atoms with Crippen LogP contribution in [0.25, 0.3) is 0 Å². The molecule has 2 rings (SSSR count). The molecule has 0 bridgehead atoms. The Balaban J connectivity index is 2.02. The molecule has 9 nitrogen and oxygen atoms in total. The van der Waals surface area contributed by atoms with Gasteiger partial charge >= 0.3 is 18.0 Å². The van der Waals surface area contributed by atoms with Crippen LogP contribution < -0.4 is 5.32 Å². The zero-order chi connectivity index (χ0) is 24.8. The molecule has 0 aromatic heterocycles. The van der Waals surface area contributed by atoms with E-state index in [1.807, 2.05) is 18.2 Å². The van der Waals surface area contributed by atoms with Crippen LogP contribution in [-0.4, -0.2) is 58.7 Å². The van der Waals surface area contributed by atoms with Crippen LogP contribution in [0.5, 0.6) is 0 Å². The number of carbonyl (C=O) groups is 4. The highest BCUT2D eigenvalue weighted by molar-refractivity contribution is 5.91. The number of alkyl carbamates (subject to hydrolysis) is 1. The van der Waals surface area contributed by atoms with Gasteiger partial charge in [-0.2, -0.15) is 0 Å². The second kappa shape index (κ2) is 10.7. The molecule has 1 N–H and O–H groups in total. The van der Waals surface area contributed by atoms with Gasteiger partial charge in [0.1, 0.15) is 29.9 Å². The summed E-state index contributed by atoms with van der Waals surface area (Å²) in [6, 6.07) is 7.08. The number of likely N-dealkylation sites (tertiary alicyclic amines) is 1. The topological polar surface area (TPSA) is 111 Å². The van der Waals surface area contributed by atoms with E-state index in [4.69, 9.17) is 14.2 Å². The number of nitrogens with zero attached hydrogens (tertiary/aromatic N) is 1. The average molecular weight is 463 g/mol. The second-order valence-electron chi connectivity index (χ2n) is 9.92. The van der Waals surface area contributed by atoms with E-state index < -0.39 is 47.2 Å². The average Bonchev–Trinajstić information content (AvgIpc) is 2.62. The molecule has 0 unspecified atom stereocenters. The highest BCUT2D eigenvalue weighted by atomic mass is 16.6. The van der Waals surface area contributed by atoms with Gasteiger partial charge in [-0.25, -0.2) is 14.4 Å². The Hall–Kier alpha value is -3.10. The number of benzene rings is 1. The Morgan fingerprint density at radius 3 is 2.12 bits per heavy atom. The van der Waals surface area contributed by atoms with Crippen molar-refractivity contribution in [1.29, 1.82) is 0 Å². The zero-order valence-electron chi connectivity index (χ0n) is 20.2. The minimum Gasteiger partial charge on any atom is -0.458 e. The maximum atomic E-state index is 12.9. The fourth-order valence-corrected chi connectivity index (χ4v) is 3.07. The van der Waals surface area contributed by atoms with E-state index in [1.54, 1.807) is 53.7 Å². The van der Waals surface area contributed by atoms with Gasteiger partial charge in [-0.15, -0.1) is 0 Å². The molecule has 0 spiro atoms. The smallest absolute Gasteiger partial charge is 0.408 e. The summed E-state index contributed by atoms with van der Waals surface area (Å²) in [6.45, 7) is 10.7. The number of rotatable bonds is 7. The first kappa shape index (κ1) is 26.2. The molecule has 2 atom stereocenters. The van der Waals surface area contributed by atoms with Crippen LogP contribution >= 0.6 is 0 Å². The largest absolute Gasteiger partial charge is 0.458 e. The first-order valence-electron chi connectivity index (χ1n) is 11.0. The number of hydrogen-bond acceptors (Lipinski definition) is 7.